The molecular formula is C14H21N3O2S. The van der Waals surface area contributed by atoms with Crippen molar-refractivity contribution >= 4 is 29.2 Å². The van der Waals surface area contributed by atoms with Crippen LogP contribution in [0, 0.1) is 0 Å². The molecule has 0 amide bonds. The fraction of sp³-hybridized carbons (Fsp3) is 0.571. The minimum absolute atomic E-state index is 0.341. The number of ether oxygens (including phenoxy) is 1. The predicted molar refractivity (Wildman–Crippen MR) is 83.2 cm³/mol. The van der Waals surface area contributed by atoms with Gasteiger partial charge in [-0.3, -0.25) is 0 Å². The van der Waals surface area contributed by atoms with E-state index in [2.05, 4.69) is 17.2 Å². The van der Waals surface area contributed by atoms with Crippen molar-refractivity contribution < 1.29 is 9.53 Å². The molecule has 1 aliphatic carbocycles. The summed E-state index contributed by atoms with van der Waals surface area (Å²) in [7, 11) is 1.35. The van der Waals surface area contributed by atoms with Crippen molar-refractivity contribution in [3.63, 3.8) is 0 Å². The van der Waals surface area contributed by atoms with Crippen molar-refractivity contribution in [2.24, 2.45) is 0 Å². The van der Waals surface area contributed by atoms with Gasteiger partial charge in [-0.25, -0.2) is 9.78 Å². The third-order valence-electron chi connectivity index (χ3n) is 3.48. The van der Waals surface area contributed by atoms with Gasteiger partial charge in [0, 0.05) is 11.3 Å². The van der Waals surface area contributed by atoms with Crippen LogP contribution in [0.2, 0.25) is 0 Å². The van der Waals surface area contributed by atoms with Crippen LogP contribution in [0.15, 0.2) is 12.3 Å². The number of nitrogens with zero attached hydrogens (tertiary/aromatic N) is 1. The van der Waals surface area contributed by atoms with Gasteiger partial charge in [-0.1, -0.05) is 6.92 Å². The standard InChI is InChI=1S/C14H21N3O2S/c1-3-20-10-5-4-9(6-10)17-13-7-11(14(18)19-2)12(15)8-16-13/h7-10H,3-6,15H2,1-2H3,(H,16,17). The summed E-state index contributed by atoms with van der Waals surface area (Å²) in [5.74, 6) is 1.41. The Balaban J connectivity index is 2.02. The fourth-order valence-corrected chi connectivity index (χ4v) is 3.64. The van der Waals surface area contributed by atoms with Gasteiger partial charge in [-0.05, 0) is 31.1 Å². The summed E-state index contributed by atoms with van der Waals surface area (Å²) >= 11 is 2.01. The summed E-state index contributed by atoms with van der Waals surface area (Å²) in [5.41, 5.74) is 6.45. The molecule has 5 nitrogen and oxygen atoms in total. The molecule has 1 heterocycles. The molecule has 2 atom stereocenters. The van der Waals surface area contributed by atoms with Crippen LogP contribution >= 0.6 is 11.8 Å². The van der Waals surface area contributed by atoms with Crippen molar-refractivity contribution in [2.45, 2.75) is 37.5 Å². The van der Waals surface area contributed by atoms with Crippen molar-refractivity contribution in [3.8, 4) is 0 Å². The van der Waals surface area contributed by atoms with E-state index in [1.807, 2.05) is 11.8 Å². The first-order chi connectivity index (χ1) is 9.63. The molecule has 3 N–H and O–H groups in total. The highest BCUT2D eigenvalue weighted by atomic mass is 32.2. The summed E-state index contributed by atoms with van der Waals surface area (Å²) in [6.07, 6.45) is 5.01. The zero-order chi connectivity index (χ0) is 14.5. The van der Waals surface area contributed by atoms with Gasteiger partial charge in [0.2, 0.25) is 0 Å². The first-order valence-electron chi connectivity index (χ1n) is 6.86. The Hall–Kier alpha value is -1.43. The van der Waals surface area contributed by atoms with E-state index in [1.165, 1.54) is 19.7 Å². The molecule has 0 spiro atoms. The van der Waals surface area contributed by atoms with E-state index in [9.17, 15) is 4.79 Å². The van der Waals surface area contributed by atoms with E-state index < -0.39 is 5.97 Å². The molecular weight excluding hydrogens is 274 g/mol. The number of hydrogen-bond donors (Lipinski definition) is 2. The van der Waals surface area contributed by atoms with E-state index in [-0.39, 0.29) is 0 Å². The van der Waals surface area contributed by atoms with Crippen LogP contribution in [-0.2, 0) is 4.74 Å². The number of esters is 1. The number of nitrogens with two attached hydrogens (primary N) is 1. The minimum atomic E-state index is -0.432. The number of nitrogen functional groups attached to an aromatic ring is 1. The van der Waals surface area contributed by atoms with Gasteiger partial charge in [0.25, 0.3) is 0 Å². The Kier molecular flexibility index (Phi) is 5.11. The average molecular weight is 295 g/mol. The molecule has 0 aromatic carbocycles. The second kappa shape index (κ2) is 6.83. The summed E-state index contributed by atoms with van der Waals surface area (Å²) in [5, 5.41) is 4.12. The number of methoxy groups -OCH3 is 1. The summed E-state index contributed by atoms with van der Waals surface area (Å²) in [4.78, 5) is 15.8. The topological polar surface area (TPSA) is 77.2 Å². The maximum absolute atomic E-state index is 11.6. The van der Waals surface area contributed by atoms with Gasteiger partial charge in [0.05, 0.1) is 24.6 Å². The van der Waals surface area contributed by atoms with Gasteiger partial charge < -0.3 is 15.8 Å². The van der Waals surface area contributed by atoms with Crippen molar-refractivity contribution in [3.05, 3.63) is 17.8 Å². The van der Waals surface area contributed by atoms with E-state index in [4.69, 9.17) is 10.5 Å². The molecule has 0 radical (unpaired) electrons. The molecule has 1 aromatic heterocycles. The Bertz CT molecular complexity index is 481. The largest absolute Gasteiger partial charge is 0.465 e. The number of aromatic nitrogens is 1. The molecule has 1 fully saturated rings. The minimum Gasteiger partial charge on any atom is -0.465 e. The smallest absolute Gasteiger partial charge is 0.340 e. The maximum atomic E-state index is 11.6. The van der Waals surface area contributed by atoms with Crippen LogP contribution < -0.4 is 11.1 Å². The van der Waals surface area contributed by atoms with E-state index in [0.717, 1.165) is 23.8 Å². The highest BCUT2D eigenvalue weighted by Gasteiger charge is 2.25. The number of carbonyl (C=O) groups excluding carboxylic acids is 1. The fourth-order valence-electron chi connectivity index (χ4n) is 2.50. The number of anilines is 2. The van der Waals surface area contributed by atoms with Crippen LogP contribution in [0.1, 0.15) is 36.5 Å². The molecule has 2 rings (SSSR count). The quantitative estimate of drug-likeness (QED) is 0.813. The number of thioether (sulfide) groups is 1. The van der Waals surface area contributed by atoms with Crippen LogP contribution in [0.5, 0.6) is 0 Å². The zero-order valence-electron chi connectivity index (χ0n) is 11.9. The molecule has 1 saturated carbocycles. The van der Waals surface area contributed by atoms with Gasteiger partial charge in [0.1, 0.15) is 5.82 Å². The van der Waals surface area contributed by atoms with Crippen molar-refractivity contribution in [2.75, 3.05) is 23.9 Å². The molecule has 2 unspecified atom stereocenters. The lowest BCUT2D eigenvalue weighted by molar-refractivity contribution is 0.0602. The van der Waals surface area contributed by atoms with E-state index >= 15 is 0 Å². The molecule has 1 aromatic rings. The number of hydrogen-bond acceptors (Lipinski definition) is 6. The van der Waals surface area contributed by atoms with Gasteiger partial charge in [0.15, 0.2) is 0 Å². The molecule has 0 bridgehead atoms. The lowest BCUT2D eigenvalue weighted by Gasteiger charge is -2.14. The Morgan fingerprint density at radius 2 is 2.40 bits per heavy atom. The number of pyridine rings is 1. The monoisotopic (exact) mass is 295 g/mol. The molecule has 1 aliphatic rings. The second-order valence-electron chi connectivity index (χ2n) is 4.88. The Labute approximate surface area is 123 Å². The maximum Gasteiger partial charge on any atom is 0.340 e. The SMILES string of the molecule is CCSC1CCC(Nc2cc(C(=O)OC)c(N)cn2)C1. The van der Waals surface area contributed by atoms with Crippen LogP contribution in [0.3, 0.4) is 0 Å². The highest BCUT2D eigenvalue weighted by molar-refractivity contribution is 7.99. The van der Waals surface area contributed by atoms with Gasteiger partial charge >= 0.3 is 5.97 Å². The van der Waals surface area contributed by atoms with Crippen molar-refractivity contribution in [1.29, 1.82) is 0 Å². The van der Waals surface area contributed by atoms with E-state index in [1.54, 1.807) is 6.07 Å². The van der Waals surface area contributed by atoms with Crippen LogP contribution in [-0.4, -0.2) is 35.1 Å². The van der Waals surface area contributed by atoms with Crippen molar-refractivity contribution in [1.82, 2.24) is 4.98 Å². The molecule has 20 heavy (non-hydrogen) atoms. The number of nitrogens with one attached hydrogen (secondary N) is 1. The zero-order valence-corrected chi connectivity index (χ0v) is 12.7. The summed E-state index contributed by atoms with van der Waals surface area (Å²) < 4.78 is 4.71. The molecule has 6 heteroatoms. The number of rotatable bonds is 5. The van der Waals surface area contributed by atoms with E-state index in [0.29, 0.717) is 23.1 Å². The normalized spacial score (nSPS) is 21.7. The summed E-state index contributed by atoms with van der Waals surface area (Å²) in [6, 6.07) is 2.09. The first-order valence-corrected chi connectivity index (χ1v) is 7.90. The lowest BCUT2D eigenvalue weighted by atomic mass is 10.2. The molecule has 110 valence electrons. The Morgan fingerprint density at radius 3 is 3.10 bits per heavy atom. The Morgan fingerprint density at radius 1 is 1.60 bits per heavy atom. The third-order valence-corrected chi connectivity index (χ3v) is 4.71. The van der Waals surface area contributed by atoms with Gasteiger partial charge in [-0.2, -0.15) is 11.8 Å². The third kappa shape index (κ3) is 3.56. The highest BCUT2D eigenvalue weighted by Crippen LogP contribution is 2.31. The predicted octanol–water partition coefficient (Wildman–Crippen LogP) is 2.54. The second-order valence-corrected chi connectivity index (χ2v) is 6.46. The molecule has 0 saturated heterocycles. The average Bonchev–Trinajstić information content (AvgIpc) is 2.88. The van der Waals surface area contributed by atoms with Crippen LogP contribution in [0.25, 0.3) is 0 Å². The lowest BCUT2D eigenvalue weighted by Crippen LogP contribution is -2.18. The summed E-state index contributed by atoms with van der Waals surface area (Å²) in [6.45, 7) is 2.19. The van der Waals surface area contributed by atoms with Gasteiger partial charge in [-0.15, -0.1) is 0 Å². The first kappa shape index (κ1) is 15.0. The van der Waals surface area contributed by atoms with Crippen LogP contribution in [0.4, 0.5) is 11.5 Å². The molecule has 0 aliphatic heterocycles. The number of carbonyl (C=O) groups is 1.